The topological polar surface area (TPSA) is 42.7 Å². The zero-order chi connectivity index (χ0) is 12.1. The highest BCUT2D eigenvalue weighted by molar-refractivity contribution is 9.10. The first-order valence-electron chi connectivity index (χ1n) is 5.60. The smallest absolute Gasteiger partial charge is 0.0831 e. The molecule has 0 aliphatic rings. The third-order valence-corrected chi connectivity index (χ3v) is 2.85. The maximum absolute atomic E-state index is 4.32. The van der Waals surface area contributed by atoms with E-state index in [4.69, 9.17) is 0 Å². The molecular formula is C12H15BrN4. The van der Waals surface area contributed by atoms with Crippen molar-refractivity contribution in [3.63, 3.8) is 0 Å². The Balaban J connectivity index is 1.98. The number of halogens is 1. The zero-order valence-corrected chi connectivity index (χ0v) is 11.3. The molecule has 0 amide bonds. The second kappa shape index (κ2) is 5.93. The van der Waals surface area contributed by atoms with Gasteiger partial charge in [-0.05, 0) is 34.6 Å². The molecule has 1 N–H and O–H groups in total. The normalized spacial score (nSPS) is 10.7. The summed E-state index contributed by atoms with van der Waals surface area (Å²) in [7, 11) is 0. The van der Waals surface area contributed by atoms with Crippen molar-refractivity contribution in [1.82, 2.24) is 20.1 Å². The molecule has 0 atom stereocenters. The van der Waals surface area contributed by atoms with Gasteiger partial charge in [0.05, 0.1) is 18.4 Å². The lowest BCUT2D eigenvalue weighted by Gasteiger charge is -2.01. The molecule has 0 saturated heterocycles. The van der Waals surface area contributed by atoms with E-state index in [0.29, 0.717) is 6.54 Å². The number of hydrogen-bond donors (Lipinski definition) is 1. The second-order valence-corrected chi connectivity index (χ2v) is 4.71. The minimum atomic E-state index is 0.708. The van der Waals surface area contributed by atoms with E-state index in [-0.39, 0.29) is 0 Å². The number of nitrogens with one attached hydrogen (secondary N) is 1. The van der Waals surface area contributed by atoms with Crippen molar-refractivity contribution >= 4 is 15.9 Å². The highest BCUT2D eigenvalue weighted by atomic mass is 79.9. The summed E-state index contributed by atoms with van der Waals surface area (Å²) in [6.45, 7) is 4.64. The van der Waals surface area contributed by atoms with Crippen molar-refractivity contribution in [2.45, 2.75) is 20.0 Å². The van der Waals surface area contributed by atoms with Gasteiger partial charge in [0.25, 0.3) is 0 Å². The van der Waals surface area contributed by atoms with Gasteiger partial charge >= 0.3 is 0 Å². The Morgan fingerprint density at radius 2 is 2.24 bits per heavy atom. The SMILES string of the molecule is CCNCc1cnn(Cc2ccc(Br)cn2)c1. The van der Waals surface area contributed by atoms with Crippen LogP contribution in [-0.4, -0.2) is 21.3 Å². The van der Waals surface area contributed by atoms with E-state index < -0.39 is 0 Å². The van der Waals surface area contributed by atoms with Crippen molar-refractivity contribution in [2.75, 3.05) is 6.54 Å². The van der Waals surface area contributed by atoms with Crippen LogP contribution in [0.2, 0.25) is 0 Å². The highest BCUT2D eigenvalue weighted by Gasteiger charge is 2.00. The van der Waals surface area contributed by atoms with Gasteiger partial charge in [0.1, 0.15) is 0 Å². The van der Waals surface area contributed by atoms with Gasteiger partial charge in [0.2, 0.25) is 0 Å². The first kappa shape index (κ1) is 12.3. The van der Waals surface area contributed by atoms with E-state index in [0.717, 1.165) is 23.3 Å². The quantitative estimate of drug-likeness (QED) is 0.919. The molecule has 0 saturated carbocycles. The van der Waals surface area contributed by atoms with Crippen molar-refractivity contribution < 1.29 is 0 Å². The van der Waals surface area contributed by atoms with Crippen LogP contribution in [0.1, 0.15) is 18.2 Å². The fraction of sp³-hybridized carbons (Fsp3) is 0.333. The Labute approximate surface area is 109 Å². The zero-order valence-electron chi connectivity index (χ0n) is 9.73. The van der Waals surface area contributed by atoms with Crippen LogP contribution in [0, 0.1) is 0 Å². The Bertz CT molecular complexity index is 464. The highest BCUT2D eigenvalue weighted by Crippen LogP contribution is 2.08. The number of aromatic nitrogens is 3. The molecule has 0 aliphatic carbocycles. The van der Waals surface area contributed by atoms with E-state index >= 15 is 0 Å². The molecule has 2 heterocycles. The molecule has 2 aromatic rings. The molecule has 0 unspecified atom stereocenters. The summed E-state index contributed by atoms with van der Waals surface area (Å²) in [5, 5.41) is 7.59. The van der Waals surface area contributed by atoms with Crippen LogP contribution >= 0.6 is 15.9 Å². The van der Waals surface area contributed by atoms with Gasteiger partial charge in [-0.25, -0.2) is 0 Å². The van der Waals surface area contributed by atoms with Crippen LogP contribution in [-0.2, 0) is 13.1 Å². The number of hydrogen-bond acceptors (Lipinski definition) is 3. The lowest BCUT2D eigenvalue weighted by molar-refractivity contribution is 0.669. The molecule has 0 fully saturated rings. The summed E-state index contributed by atoms with van der Waals surface area (Å²) in [6, 6.07) is 3.99. The molecule has 0 radical (unpaired) electrons. The Hall–Kier alpha value is -1.20. The maximum Gasteiger partial charge on any atom is 0.0831 e. The number of nitrogens with zero attached hydrogens (tertiary/aromatic N) is 3. The van der Waals surface area contributed by atoms with Crippen LogP contribution in [0.4, 0.5) is 0 Å². The summed E-state index contributed by atoms with van der Waals surface area (Å²) in [6.07, 6.45) is 5.74. The van der Waals surface area contributed by atoms with Crippen LogP contribution < -0.4 is 5.32 Å². The molecule has 0 aliphatic heterocycles. The summed E-state index contributed by atoms with van der Waals surface area (Å²) >= 11 is 3.37. The summed E-state index contributed by atoms with van der Waals surface area (Å²) in [5.74, 6) is 0. The summed E-state index contributed by atoms with van der Waals surface area (Å²) in [4.78, 5) is 4.32. The predicted octanol–water partition coefficient (Wildman–Crippen LogP) is 2.20. The lowest BCUT2D eigenvalue weighted by atomic mass is 10.3. The summed E-state index contributed by atoms with van der Waals surface area (Å²) in [5.41, 5.74) is 2.20. The molecular weight excluding hydrogens is 280 g/mol. The monoisotopic (exact) mass is 294 g/mol. The molecule has 0 bridgehead atoms. The third kappa shape index (κ3) is 3.64. The second-order valence-electron chi connectivity index (χ2n) is 3.79. The Morgan fingerprint density at radius 3 is 2.94 bits per heavy atom. The van der Waals surface area contributed by atoms with Gasteiger partial charge in [0.15, 0.2) is 0 Å². The fourth-order valence-electron chi connectivity index (χ4n) is 1.52. The minimum absolute atomic E-state index is 0.708. The molecule has 0 aromatic carbocycles. The first-order chi connectivity index (χ1) is 8.28. The van der Waals surface area contributed by atoms with Crippen LogP contribution in [0.3, 0.4) is 0 Å². The van der Waals surface area contributed by atoms with E-state index in [1.54, 1.807) is 6.20 Å². The van der Waals surface area contributed by atoms with E-state index in [1.807, 2.05) is 29.2 Å². The molecule has 90 valence electrons. The molecule has 17 heavy (non-hydrogen) atoms. The van der Waals surface area contributed by atoms with Gasteiger partial charge in [-0.15, -0.1) is 0 Å². The largest absolute Gasteiger partial charge is 0.313 e. The van der Waals surface area contributed by atoms with Crippen LogP contribution in [0.25, 0.3) is 0 Å². The molecule has 0 spiro atoms. The minimum Gasteiger partial charge on any atom is -0.313 e. The van der Waals surface area contributed by atoms with Crippen molar-refractivity contribution in [1.29, 1.82) is 0 Å². The van der Waals surface area contributed by atoms with Gasteiger partial charge < -0.3 is 5.32 Å². The van der Waals surface area contributed by atoms with Crippen LogP contribution in [0.15, 0.2) is 35.2 Å². The lowest BCUT2D eigenvalue weighted by Crippen LogP contribution is -2.11. The average molecular weight is 295 g/mol. The average Bonchev–Trinajstić information content (AvgIpc) is 2.77. The third-order valence-electron chi connectivity index (χ3n) is 2.38. The maximum atomic E-state index is 4.32. The van der Waals surface area contributed by atoms with E-state index in [9.17, 15) is 0 Å². The predicted molar refractivity (Wildman–Crippen MR) is 70.6 cm³/mol. The van der Waals surface area contributed by atoms with Crippen LogP contribution in [0.5, 0.6) is 0 Å². The summed E-state index contributed by atoms with van der Waals surface area (Å²) < 4.78 is 2.90. The molecule has 5 heteroatoms. The fourth-order valence-corrected chi connectivity index (χ4v) is 1.75. The number of rotatable bonds is 5. The van der Waals surface area contributed by atoms with Gasteiger partial charge in [0, 0.05) is 29.0 Å². The van der Waals surface area contributed by atoms with E-state index in [2.05, 4.69) is 38.3 Å². The molecule has 2 rings (SSSR count). The Morgan fingerprint density at radius 1 is 1.35 bits per heavy atom. The van der Waals surface area contributed by atoms with Crippen molar-refractivity contribution in [2.24, 2.45) is 0 Å². The van der Waals surface area contributed by atoms with Gasteiger partial charge in [-0.2, -0.15) is 5.10 Å². The number of pyridine rings is 1. The molecule has 4 nitrogen and oxygen atoms in total. The first-order valence-corrected chi connectivity index (χ1v) is 6.39. The van der Waals surface area contributed by atoms with Gasteiger partial charge in [-0.3, -0.25) is 9.67 Å². The molecule has 2 aromatic heterocycles. The van der Waals surface area contributed by atoms with Crippen molar-refractivity contribution in [3.05, 3.63) is 46.5 Å². The van der Waals surface area contributed by atoms with E-state index in [1.165, 1.54) is 5.56 Å². The Kier molecular flexibility index (Phi) is 4.28. The standard InChI is InChI=1S/C12H15BrN4/c1-2-14-5-10-6-16-17(8-10)9-12-4-3-11(13)7-15-12/h3-4,6-8,14H,2,5,9H2,1H3. The van der Waals surface area contributed by atoms with Crippen molar-refractivity contribution in [3.8, 4) is 0 Å². The van der Waals surface area contributed by atoms with Gasteiger partial charge in [-0.1, -0.05) is 6.92 Å².